The van der Waals surface area contributed by atoms with Crippen LogP contribution in [0.5, 0.6) is 23.0 Å². The van der Waals surface area contributed by atoms with E-state index in [1.54, 1.807) is 63.7 Å². The first-order chi connectivity index (χ1) is 16.8. The lowest BCUT2D eigenvalue weighted by Gasteiger charge is -2.20. The summed E-state index contributed by atoms with van der Waals surface area (Å²) < 4.78 is 44.1. The van der Waals surface area contributed by atoms with Gasteiger partial charge in [-0.15, -0.1) is 0 Å². The molecule has 0 fully saturated rings. The van der Waals surface area contributed by atoms with E-state index < -0.39 is 17.7 Å². The van der Waals surface area contributed by atoms with E-state index in [1.807, 2.05) is 0 Å². The fraction of sp³-hybridized carbons (Fsp3) is 0.154. The number of fused-ring (bicyclic) bond motifs is 1. The van der Waals surface area contributed by atoms with Crippen LogP contribution >= 0.6 is 0 Å². The SMILES string of the molecule is COc1cc2nccc(Oc3ccc(NC(=O)N(C)c4ccc(F)cc4F)c(C)c3)c2cc1OC. The molecule has 0 atom stereocenters. The van der Waals surface area contributed by atoms with Gasteiger partial charge in [-0.3, -0.25) is 9.88 Å². The third-order valence-corrected chi connectivity index (χ3v) is 5.45. The van der Waals surface area contributed by atoms with Gasteiger partial charge in [0.05, 0.1) is 25.4 Å². The van der Waals surface area contributed by atoms with Crippen LogP contribution in [0.4, 0.5) is 25.0 Å². The van der Waals surface area contributed by atoms with Crippen molar-refractivity contribution in [2.75, 3.05) is 31.5 Å². The number of rotatable bonds is 6. The van der Waals surface area contributed by atoms with Crippen LogP contribution in [0, 0.1) is 18.6 Å². The highest BCUT2D eigenvalue weighted by molar-refractivity contribution is 6.01. The third-order valence-electron chi connectivity index (χ3n) is 5.45. The van der Waals surface area contributed by atoms with Crippen LogP contribution < -0.4 is 24.4 Å². The minimum Gasteiger partial charge on any atom is -0.493 e. The highest BCUT2D eigenvalue weighted by atomic mass is 19.1. The summed E-state index contributed by atoms with van der Waals surface area (Å²) in [6.45, 7) is 1.81. The van der Waals surface area contributed by atoms with E-state index in [-0.39, 0.29) is 5.69 Å². The first-order valence-electron chi connectivity index (χ1n) is 10.6. The van der Waals surface area contributed by atoms with Crippen LogP contribution in [-0.4, -0.2) is 32.3 Å². The summed E-state index contributed by atoms with van der Waals surface area (Å²) in [6, 6.07) is 12.9. The molecule has 35 heavy (non-hydrogen) atoms. The Bertz CT molecular complexity index is 1410. The van der Waals surface area contributed by atoms with Crippen molar-refractivity contribution in [3.63, 3.8) is 0 Å². The second-order valence-electron chi connectivity index (χ2n) is 7.70. The van der Waals surface area contributed by atoms with Crippen molar-refractivity contribution in [1.29, 1.82) is 0 Å². The number of ether oxygens (including phenoxy) is 3. The van der Waals surface area contributed by atoms with Gasteiger partial charge in [-0.1, -0.05) is 0 Å². The summed E-state index contributed by atoms with van der Waals surface area (Å²) in [6.07, 6.45) is 1.63. The first-order valence-corrected chi connectivity index (χ1v) is 10.6. The van der Waals surface area contributed by atoms with E-state index in [9.17, 15) is 13.6 Å². The van der Waals surface area contributed by atoms with E-state index >= 15 is 0 Å². The summed E-state index contributed by atoms with van der Waals surface area (Å²) in [4.78, 5) is 18.1. The number of hydrogen-bond donors (Lipinski definition) is 1. The molecule has 0 aliphatic rings. The lowest BCUT2D eigenvalue weighted by molar-refractivity contribution is 0.258. The maximum Gasteiger partial charge on any atom is 0.326 e. The smallest absolute Gasteiger partial charge is 0.326 e. The highest BCUT2D eigenvalue weighted by Gasteiger charge is 2.17. The van der Waals surface area contributed by atoms with Gasteiger partial charge in [0.1, 0.15) is 23.1 Å². The van der Waals surface area contributed by atoms with Crippen molar-refractivity contribution in [2.45, 2.75) is 6.92 Å². The minimum absolute atomic E-state index is 0.0434. The molecule has 0 radical (unpaired) electrons. The second kappa shape index (κ2) is 9.84. The van der Waals surface area contributed by atoms with Crippen molar-refractivity contribution < 1.29 is 27.8 Å². The van der Waals surface area contributed by atoms with Crippen LogP contribution in [0.1, 0.15) is 5.56 Å². The molecule has 0 bridgehead atoms. The number of halogens is 2. The maximum absolute atomic E-state index is 14.0. The second-order valence-corrected chi connectivity index (χ2v) is 7.70. The molecule has 1 N–H and O–H groups in total. The zero-order valence-electron chi connectivity index (χ0n) is 19.6. The number of aryl methyl sites for hydroxylation is 1. The normalized spacial score (nSPS) is 10.7. The molecule has 0 unspecified atom stereocenters. The standard InChI is InChI=1S/C26H23F2N3O4/c1-15-11-17(35-23-9-10-29-21-14-25(34-4)24(33-3)13-18(21)23)6-7-20(15)30-26(32)31(2)22-8-5-16(27)12-19(22)28/h5-14H,1-4H3,(H,30,32). The Morgan fingerprint density at radius 3 is 2.37 bits per heavy atom. The van der Waals surface area contributed by atoms with E-state index in [2.05, 4.69) is 10.3 Å². The topological polar surface area (TPSA) is 72.9 Å². The predicted octanol–water partition coefficient (Wildman–Crippen LogP) is 6.30. The van der Waals surface area contributed by atoms with Crippen molar-refractivity contribution >= 4 is 28.3 Å². The number of pyridine rings is 1. The molecular formula is C26H23F2N3O4. The van der Waals surface area contributed by atoms with Crippen molar-refractivity contribution in [3.8, 4) is 23.0 Å². The molecule has 4 rings (SSSR count). The van der Waals surface area contributed by atoms with Gasteiger partial charge in [-0.2, -0.15) is 0 Å². The number of nitrogens with one attached hydrogen (secondary N) is 1. The summed E-state index contributed by atoms with van der Waals surface area (Å²) in [5.41, 5.74) is 1.87. The molecule has 180 valence electrons. The average molecular weight is 479 g/mol. The van der Waals surface area contributed by atoms with Gasteiger partial charge >= 0.3 is 6.03 Å². The quantitative estimate of drug-likeness (QED) is 0.351. The third kappa shape index (κ3) is 4.93. The summed E-state index contributed by atoms with van der Waals surface area (Å²) >= 11 is 0. The Kier molecular flexibility index (Phi) is 6.68. The Morgan fingerprint density at radius 2 is 1.69 bits per heavy atom. The van der Waals surface area contributed by atoms with Gasteiger partial charge in [0.25, 0.3) is 0 Å². The zero-order valence-corrected chi connectivity index (χ0v) is 19.6. The predicted molar refractivity (Wildman–Crippen MR) is 130 cm³/mol. The number of anilines is 2. The molecule has 1 aromatic heterocycles. The Labute approximate surface area is 200 Å². The molecular weight excluding hydrogens is 456 g/mol. The summed E-state index contributed by atoms with van der Waals surface area (Å²) in [7, 11) is 4.51. The molecule has 4 aromatic rings. The van der Waals surface area contributed by atoms with Crippen LogP contribution in [0.15, 0.2) is 60.8 Å². The highest BCUT2D eigenvalue weighted by Crippen LogP contribution is 2.37. The zero-order chi connectivity index (χ0) is 25.1. The molecule has 7 nitrogen and oxygen atoms in total. The van der Waals surface area contributed by atoms with Crippen LogP contribution in [0.25, 0.3) is 10.9 Å². The lowest BCUT2D eigenvalue weighted by Crippen LogP contribution is -2.32. The van der Waals surface area contributed by atoms with Crippen molar-refractivity contribution in [3.05, 3.63) is 78.0 Å². The molecule has 0 saturated carbocycles. The average Bonchev–Trinajstić information content (AvgIpc) is 2.84. The maximum atomic E-state index is 14.0. The van der Waals surface area contributed by atoms with Crippen molar-refractivity contribution in [2.24, 2.45) is 0 Å². The van der Waals surface area contributed by atoms with Gasteiger partial charge in [0.15, 0.2) is 11.5 Å². The fourth-order valence-electron chi connectivity index (χ4n) is 3.57. The van der Waals surface area contributed by atoms with Gasteiger partial charge in [0.2, 0.25) is 0 Å². The molecule has 0 aliphatic carbocycles. The number of carbonyl (C=O) groups excluding carboxylic acids is 1. The van der Waals surface area contributed by atoms with Crippen LogP contribution in [0.3, 0.4) is 0 Å². The largest absolute Gasteiger partial charge is 0.493 e. The Hall–Kier alpha value is -4.40. The summed E-state index contributed by atoms with van der Waals surface area (Å²) in [5, 5.41) is 3.47. The van der Waals surface area contributed by atoms with Crippen LogP contribution in [0.2, 0.25) is 0 Å². The number of nitrogens with zero attached hydrogens (tertiary/aromatic N) is 2. The van der Waals surface area contributed by atoms with Gasteiger partial charge in [-0.05, 0) is 55.0 Å². The lowest BCUT2D eigenvalue weighted by atomic mass is 10.1. The van der Waals surface area contributed by atoms with E-state index in [0.717, 1.165) is 28.0 Å². The fourth-order valence-corrected chi connectivity index (χ4v) is 3.57. The molecule has 0 aliphatic heterocycles. The number of carbonyl (C=O) groups is 1. The molecule has 1 heterocycles. The van der Waals surface area contributed by atoms with Gasteiger partial charge < -0.3 is 19.5 Å². The minimum atomic E-state index is -0.832. The molecule has 2 amide bonds. The molecule has 3 aromatic carbocycles. The number of benzene rings is 3. The number of methoxy groups -OCH3 is 2. The number of amides is 2. The number of aromatic nitrogens is 1. The Balaban J connectivity index is 1.55. The summed E-state index contributed by atoms with van der Waals surface area (Å²) in [5.74, 6) is 0.673. The van der Waals surface area contributed by atoms with Gasteiger partial charge in [-0.25, -0.2) is 13.6 Å². The van der Waals surface area contributed by atoms with E-state index in [1.165, 1.54) is 13.1 Å². The monoisotopic (exact) mass is 479 g/mol. The first kappa shape index (κ1) is 23.7. The Morgan fingerprint density at radius 1 is 0.943 bits per heavy atom. The molecule has 0 saturated heterocycles. The van der Waals surface area contributed by atoms with Crippen LogP contribution in [-0.2, 0) is 0 Å². The number of urea groups is 1. The molecule has 0 spiro atoms. The number of hydrogen-bond acceptors (Lipinski definition) is 5. The van der Waals surface area contributed by atoms with Gasteiger partial charge in [0, 0.05) is 36.5 Å². The van der Waals surface area contributed by atoms with Crippen molar-refractivity contribution in [1.82, 2.24) is 4.98 Å². The van der Waals surface area contributed by atoms with E-state index in [0.29, 0.717) is 34.2 Å². The molecule has 9 heteroatoms. The van der Waals surface area contributed by atoms with E-state index in [4.69, 9.17) is 14.2 Å².